The minimum atomic E-state index is -0.982. The lowest BCUT2D eigenvalue weighted by atomic mass is 10.1. The van der Waals surface area contributed by atoms with E-state index in [9.17, 15) is 9.59 Å². The first-order valence-corrected chi connectivity index (χ1v) is 7.10. The van der Waals surface area contributed by atoms with Crippen molar-refractivity contribution in [1.29, 1.82) is 0 Å². The Morgan fingerprint density at radius 1 is 1.45 bits per heavy atom. The van der Waals surface area contributed by atoms with E-state index in [2.05, 4.69) is 16.6 Å². The number of hydrogen-bond donors (Lipinski definition) is 3. The number of aromatic carboxylic acids is 1. The van der Waals surface area contributed by atoms with Crippen LogP contribution in [-0.2, 0) is 0 Å². The molecular weight excluding hydrogens is 276 g/mol. The third-order valence-corrected chi connectivity index (χ3v) is 3.30. The van der Waals surface area contributed by atoms with Gasteiger partial charge in [-0.25, -0.2) is 9.59 Å². The summed E-state index contributed by atoms with van der Waals surface area (Å²) in [5.74, 6) is 2.89. The summed E-state index contributed by atoms with van der Waals surface area (Å²) in [6, 6.07) is 4.32. The molecule has 1 aromatic carbocycles. The van der Waals surface area contributed by atoms with Gasteiger partial charge in [-0.15, -0.1) is 18.2 Å². The van der Waals surface area contributed by atoms with Gasteiger partial charge in [-0.3, -0.25) is 0 Å². The predicted octanol–water partition coefficient (Wildman–Crippen LogP) is 2.18. The van der Waals surface area contributed by atoms with Crippen molar-refractivity contribution in [3.63, 3.8) is 0 Å². The van der Waals surface area contributed by atoms with Crippen LogP contribution in [0.3, 0.4) is 0 Å². The molecule has 0 aromatic heterocycles. The van der Waals surface area contributed by atoms with Crippen LogP contribution in [0.25, 0.3) is 0 Å². The molecule has 0 aliphatic heterocycles. The molecule has 0 radical (unpaired) electrons. The molecule has 0 aliphatic rings. The Balaban J connectivity index is 2.44. The topological polar surface area (TPSA) is 78.4 Å². The lowest BCUT2D eigenvalue weighted by Crippen LogP contribution is -2.30. The van der Waals surface area contributed by atoms with Crippen LogP contribution >= 0.6 is 11.8 Å². The van der Waals surface area contributed by atoms with E-state index in [4.69, 9.17) is 11.5 Å². The van der Waals surface area contributed by atoms with Gasteiger partial charge >= 0.3 is 12.0 Å². The molecule has 0 saturated carbocycles. The van der Waals surface area contributed by atoms with Crippen LogP contribution in [0.4, 0.5) is 10.5 Å². The maximum Gasteiger partial charge on any atom is 0.335 e. The van der Waals surface area contributed by atoms with E-state index in [1.807, 2.05) is 0 Å². The molecule has 0 fully saturated rings. The molecule has 6 heteroatoms. The Labute approximate surface area is 122 Å². The van der Waals surface area contributed by atoms with Crippen molar-refractivity contribution in [3.8, 4) is 12.3 Å². The van der Waals surface area contributed by atoms with Crippen LogP contribution in [0.15, 0.2) is 18.2 Å². The van der Waals surface area contributed by atoms with Crippen LogP contribution in [0.2, 0.25) is 0 Å². The monoisotopic (exact) mass is 292 g/mol. The summed E-state index contributed by atoms with van der Waals surface area (Å²) in [4.78, 5) is 22.5. The summed E-state index contributed by atoms with van der Waals surface area (Å²) < 4.78 is 0. The molecule has 20 heavy (non-hydrogen) atoms. The number of benzene rings is 1. The molecule has 1 rings (SSSR count). The van der Waals surface area contributed by atoms with Crippen LogP contribution < -0.4 is 10.6 Å². The van der Waals surface area contributed by atoms with Crippen molar-refractivity contribution < 1.29 is 14.7 Å². The number of thioether (sulfide) groups is 1. The van der Waals surface area contributed by atoms with Gasteiger partial charge in [0, 0.05) is 18.0 Å². The first-order chi connectivity index (χ1) is 9.54. The van der Waals surface area contributed by atoms with Gasteiger partial charge in [0.1, 0.15) is 0 Å². The molecule has 106 valence electrons. The van der Waals surface area contributed by atoms with Crippen LogP contribution in [0.1, 0.15) is 15.9 Å². The molecule has 0 heterocycles. The highest BCUT2D eigenvalue weighted by Gasteiger charge is 2.08. The summed E-state index contributed by atoms with van der Waals surface area (Å²) in [6.07, 6.45) is 5.11. The third-order valence-electron chi connectivity index (χ3n) is 2.43. The predicted molar refractivity (Wildman–Crippen MR) is 81.3 cm³/mol. The average molecular weight is 292 g/mol. The lowest BCUT2D eigenvalue weighted by Gasteiger charge is -2.09. The largest absolute Gasteiger partial charge is 0.478 e. The Bertz CT molecular complexity index is 538. The number of anilines is 1. The molecule has 3 N–H and O–H groups in total. The Morgan fingerprint density at radius 3 is 2.80 bits per heavy atom. The number of hydrogen-bond acceptors (Lipinski definition) is 3. The van der Waals surface area contributed by atoms with E-state index in [1.54, 1.807) is 30.8 Å². The molecule has 0 atom stereocenters. The van der Waals surface area contributed by atoms with Gasteiger partial charge in [0.15, 0.2) is 0 Å². The zero-order valence-electron chi connectivity index (χ0n) is 11.1. The maximum atomic E-state index is 11.6. The lowest BCUT2D eigenvalue weighted by molar-refractivity contribution is 0.0696. The highest BCUT2D eigenvalue weighted by atomic mass is 32.2. The van der Waals surface area contributed by atoms with Gasteiger partial charge in [0.2, 0.25) is 0 Å². The number of urea groups is 1. The maximum absolute atomic E-state index is 11.6. The Hall–Kier alpha value is -2.13. The number of carbonyl (C=O) groups is 2. The van der Waals surface area contributed by atoms with E-state index in [0.717, 1.165) is 5.75 Å². The van der Waals surface area contributed by atoms with Gasteiger partial charge in [-0.1, -0.05) is 5.92 Å². The van der Waals surface area contributed by atoms with Gasteiger partial charge in [-0.2, -0.15) is 0 Å². The molecule has 0 aliphatic carbocycles. The number of nitrogens with one attached hydrogen (secondary N) is 2. The molecule has 2 amide bonds. The van der Waals surface area contributed by atoms with Crippen LogP contribution in [0, 0.1) is 19.3 Å². The SMILES string of the molecule is C#CCSCCNC(=O)Nc1ccc(C(=O)O)c(C)c1. The van der Waals surface area contributed by atoms with Gasteiger partial charge in [0.05, 0.1) is 11.3 Å². The number of carboxylic acids is 1. The molecular formula is C14H16N2O3S. The minimum Gasteiger partial charge on any atom is -0.478 e. The van der Waals surface area contributed by atoms with E-state index in [1.165, 1.54) is 6.07 Å². The summed E-state index contributed by atoms with van der Waals surface area (Å²) in [5.41, 5.74) is 1.38. The first-order valence-electron chi connectivity index (χ1n) is 5.94. The standard InChI is InChI=1S/C14H16N2O3S/c1-3-7-20-8-6-15-14(19)16-11-4-5-12(13(17)18)10(2)9-11/h1,4-5,9H,6-8H2,2H3,(H,17,18)(H2,15,16,19). The van der Waals surface area contributed by atoms with E-state index < -0.39 is 5.97 Å². The Kier molecular flexibility index (Phi) is 6.47. The molecule has 0 bridgehead atoms. The fourth-order valence-electron chi connectivity index (χ4n) is 1.52. The fourth-order valence-corrected chi connectivity index (χ4v) is 2.03. The van der Waals surface area contributed by atoms with Crippen molar-refractivity contribution in [1.82, 2.24) is 5.32 Å². The molecule has 0 spiro atoms. The van der Waals surface area contributed by atoms with Crippen molar-refractivity contribution in [2.75, 3.05) is 23.4 Å². The summed E-state index contributed by atoms with van der Waals surface area (Å²) >= 11 is 1.57. The van der Waals surface area contributed by atoms with E-state index >= 15 is 0 Å². The second-order valence-electron chi connectivity index (χ2n) is 3.97. The normalized spacial score (nSPS) is 9.60. The zero-order valence-corrected chi connectivity index (χ0v) is 11.9. The van der Waals surface area contributed by atoms with Gasteiger partial charge < -0.3 is 15.7 Å². The molecule has 1 aromatic rings. The summed E-state index contributed by atoms with van der Waals surface area (Å²) in [7, 11) is 0. The smallest absolute Gasteiger partial charge is 0.335 e. The summed E-state index contributed by atoms with van der Waals surface area (Å²) in [6.45, 7) is 2.20. The van der Waals surface area contributed by atoms with Crippen LogP contribution in [0.5, 0.6) is 0 Å². The molecule has 5 nitrogen and oxygen atoms in total. The number of amides is 2. The van der Waals surface area contributed by atoms with Crippen molar-refractivity contribution in [2.24, 2.45) is 0 Å². The number of rotatable bonds is 6. The van der Waals surface area contributed by atoms with Gasteiger partial charge in [-0.05, 0) is 30.7 Å². The average Bonchev–Trinajstić information content (AvgIpc) is 2.38. The zero-order chi connectivity index (χ0) is 15.0. The van der Waals surface area contributed by atoms with Crippen molar-refractivity contribution in [3.05, 3.63) is 29.3 Å². The van der Waals surface area contributed by atoms with E-state index in [0.29, 0.717) is 23.5 Å². The first kappa shape index (κ1) is 15.9. The van der Waals surface area contributed by atoms with E-state index in [-0.39, 0.29) is 11.6 Å². The highest BCUT2D eigenvalue weighted by molar-refractivity contribution is 7.99. The van der Waals surface area contributed by atoms with Crippen molar-refractivity contribution in [2.45, 2.75) is 6.92 Å². The number of terminal acetylenes is 1. The number of carbonyl (C=O) groups excluding carboxylic acids is 1. The molecule has 0 saturated heterocycles. The fraction of sp³-hybridized carbons (Fsp3) is 0.286. The number of aryl methyl sites for hydroxylation is 1. The third kappa shape index (κ3) is 5.24. The molecule has 0 unspecified atom stereocenters. The minimum absolute atomic E-state index is 0.224. The number of carboxylic acid groups (broad SMARTS) is 1. The summed E-state index contributed by atoms with van der Waals surface area (Å²) in [5, 5.41) is 14.2. The quantitative estimate of drug-likeness (QED) is 0.555. The van der Waals surface area contributed by atoms with Crippen LogP contribution in [-0.4, -0.2) is 35.2 Å². The van der Waals surface area contributed by atoms with Crippen molar-refractivity contribution >= 4 is 29.4 Å². The van der Waals surface area contributed by atoms with Gasteiger partial charge in [0.25, 0.3) is 0 Å². The Morgan fingerprint density at radius 2 is 2.20 bits per heavy atom. The highest BCUT2D eigenvalue weighted by Crippen LogP contribution is 2.15. The second-order valence-corrected chi connectivity index (χ2v) is 5.08. The second kappa shape index (κ2) is 8.12.